The Hall–Kier alpha value is -3.47. The van der Waals surface area contributed by atoms with Crippen molar-refractivity contribution in [2.24, 2.45) is 0 Å². The number of nitrogens with one attached hydrogen (secondary N) is 1. The summed E-state index contributed by atoms with van der Waals surface area (Å²) < 4.78 is 30.6. The van der Waals surface area contributed by atoms with E-state index in [1.807, 2.05) is 0 Å². The molecule has 0 bridgehead atoms. The van der Waals surface area contributed by atoms with Gasteiger partial charge in [0.25, 0.3) is 5.69 Å². The zero-order chi connectivity index (χ0) is 23.5. The van der Waals surface area contributed by atoms with E-state index in [-0.39, 0.29) is 16.9 Å². The Morgan fingerprint density at radius 3 is 2.39 bits per heavy atom. The molecule has 10 nitrogen and oxygen atoms in total. The highest BCUT2D eigenvalue weighted by molar-refractivity contribution is 7.92. The number of methoxy groups -OCH3 is 1. The van der Waals surface area contributed by atoms with Crippen LogP contribution in [0.25, 0.3) is 0 Å². The molecular formula is C20H23N3O7S. The maximum absolute atomic E-state index is 12.9. The van der Waals surface area contributed by atoms with Gasteiger partial charge in [0.15, 0.2) is 0 Å². The molecule has 0 spiro atoms. The Morgan fingerprint density at radius 2 is 1.84 bits per heavy atom. The monoisotopic (exact) mass is 449 g/mol. The van der Waals surface area contributed by atoms with Crippen molar-refractivity contribution in [2.45, 2.75) is 26.8 Å². The second-order valence-corrected chi connectivity index (χ2v) is 8.78. The number of carbonyl (C=O) groups is 2. The van der Waals surface area contributed by atoms with Gasteiger partial charge in [-0.05, 0) is 44.0 Å². The van der Waals surface area contributed by atoms with Crippen molar-refractivity contribution in [2.75, 3.05) is 23.0 Å². The van der Waals surface area contributed by atoms with Gasteiger partial charge in [0.1, 0.15) is 6.04 Å². The molecule has 0 aliphatic carbocycles. The lowest BCUT2D eigenvalue weighted by Gasteiger charge is -2.29. The van der Waals surface area contributed by atoms with Gasteiger partial charge < -0.3 is 10.1 Å². The van der Waals surface area contributed by atoms with Gasteiger partial charge in [-0.3, -0.25) is 19.2 Å². The van der Waals surface area contributed by atoms with E-state index in [9.17, 15) is 28.1 Å². The van der Waals surface area contributed by atoms with E-state index in [0.29, 0.717) is 16.8 Å². The molecule has 1 N–H and O–H groups in total. The Morgan fingerprint density at radius 1 is 1.19 bits per heavy atom. The van der Waals surface area contributed by atoms with Crippen LogP contribution in [0.4, 0.5) is 17.1 Å². The number of hydrogen-bond acceptors (Lipinski definition) is 7. The fraction of sp³-hybridized carbons (Fsp3) is 0.300. The summed E-state index contributed by atoms with van der Waals surface area (Å²) in [6.45, 7) is 4.57. The lowest BCUT2D eigenvalue weighted by molar-refractivity contribution is -0.384. The topological polar surface area (TPSA) is 136 Å². The van der Waals surface area contributed by atoms with Crippen molar-refractivity contribution in [3.05, 3.63) is 63.2 Å². The molecule has 31 heavy (non-hydrogen) atoms. The molecule has 2 aromatic rings. The van der Waals surface area contributed by atoms with Gasteiger partial charge in [-0.2, -0.15) is 0 Å². The highest BCUT2D eigenvalue weighted by atomic mass is 32.2. The summed E-state index contributed by atoms with van der Waals surface area (Å²) in [5.74, 6) is -1.26. The molecule has 11 heteroatoms. The number of non-ortho nitro benzene ring substituents is 1. The Bertz CT molecular complexity index is 1150. The van der Waals surface area contributed by atoms with Crippen LogP contribution in [-0.4, -0.2) is 44.6 Å². The Kier molecular flexibility index (Phi) is 7.01. The Balaban J connectivity index is 2.46. The number of nitro benzene ring substituents is 1. The SMILES string of the molecule is COC(=O)c1cccc(NC(=O)[C@H](C)N(c2cc([N+](=O)[O-])ccc2C)S(C)(=O)=O)c1C. The van der Waals surface area contributed by atoms with Crippen LogP contribution >= 0.6 is 0 Å². The second-order valence-electron chi connectivity index (χ2n) is 6.92. The highest BCUT2D eigenvalue weighted by Gasteiger charge is 2.31. The van der Waals surface area contributed by atoms with Gasteiger partial charge in [-0.1, -0.05) is 12.1 Å². The number of nitro groups is 1. The van der Waals surface area contributed by atoms with Crippen molar-refractivity contribution < 1.29 is 27.7 Å². The average molecular weight is 449 g/mol. The average Bonchev–Trinajstić information content (AvgIpc) is 2.69. The highest BCUT2D eigenvalue weighted by Crippen LogP contribution is 2.30. The summed E-state index contributed by atoms with van der Waals surface area (Å²) in [6, 6.07) is 7.20. The first-order valence-corrected chi connectivity index (χ1v) is 11.0. The van der Waals surface area contributed by atoms with E-state index >= 15 is 0 Å². The predicted molar refractivity (Wildman–Crippen MR) is 116 cm³/mol. The molecule has 0 fully saturated rings. The van der Waals surface area contributed by atoms with Gasteiger partial charge in [0, 0.05) is 17.8 Å². The number of ether oxygens (including phenoxy) is 1. The summed E-state index contributed by atoms with van der Waals surface area (Å²) in [5.41, 5.74) is 1.18. The third kappa shape index (κ3) is 5.18. The third-order valence-electron chi connectivity index (χ3n) is 4.73. The van der Waals surface area contributed by atoms with Crippen LogP contribution in [0, 0.1) is 24.0 Å². The van der Waals surface area contributed by atoms with E-state index in [4.69, 9.17) is 4.74 Å². The number of benzene rings is 2. The quantitative estimate of drug-likeness (QED) is 0.390. The molecule has 0 aromatic heterocycles. The molecule has 0 unspecified atom stereocenters. The number of amides is 1. The van der Waals surface area contributed by atoms with Crippen LogP contribution in [0.2, 0.25) is 0 Å². The minimum absolute atomic E-state index is 0.0272. The van der Waals surface area contributed by atoms with Crippen LogP contribution in [0.5, 0.6) is 0 Å². The number of aryl methyl sites for hydroxylation is 1. The van der Waals surface area contributed by atoms with Crippen LogP contribution in [-0.2, 0) is 19.6 Å². The number of carbonyl (C=O) groups excluding carboxylic acids is 2. The van der Waals surface area contributed by atoms with Crippen molar-refractivity contribution in [3.8, 4) is 0 Å². The summed E-state index contributed by atoms with van der Waals surface area (Å²) in [6.07, 6.45) is 0.915. The first-order chi connectivity index (χ1) is 14.4. The van der Waals surface area contributed by atoms with E-state index in [1.165, 1.54) is 32.2 Å². The molecule has 0 heterocycles. The molecule has 0 saturated carbocycles. The minimum Gasteiger partial charge on any atom is -0.465 e. The molecule has 0 saturated heterocycles. The van der Waals surface area contributed by atoms with Crippen molar-refractivity contribution in [1.82, 2.24) is 0 Å². The largest absolute Gasteiger partial charge is 0.465 e. The van der Waals surface area contributed by atoms with Crippen LogP contribution in [0.15, 0.2) is 36.4 Å². The molecule has 0 radical (unpaired) electrons. The zero-order valence-corrected chi connectivity index (χ0v) is 18.5. The standard InChI is InChI=1S/C20H23N3O7S/c1-12-9-10-15(23(26)27)11-18(12)22(31(5,28)29)14(3)19(24)21-17-8-6-7-16(13(17)2)20(25)30-4/h6-11,14H,1-5H3,(H,21,24)/t14-/m0/s1. The molecule has 0 aliphatic heterocycles. The van der Waals surface area contributed by atoms with Crippen molar-refractivity contribution in [1.29, 1.82) is 0 Å². The molecule has 2 aromatic carbocycles. The molecule has 1 atom stereocenters. The molecule has 2 rings (SSSR count). The van der Waals surface area contributed by atoms with Gasteiger partial charge >= 0.3 is 5.97 Å². The first-order valence-electron chi connectivity index (χ1n) is 9.11. The van der Waals surface area contributed by atoms with Crippen molar-refractivity contribution >= 4 is 39.0 Å². The number of esters is 1. The number of rotatable bonds is 7. The van der Waals surface area contributed by atoms with Gasteiger partial charge in [0.2, 0.25) is 15.9 Å². The smallest absolute Gasteiger partial charge is 0.338 e. The summed E-state index contributed by atoms with van der Waals surface area (Å²) in [4.78, 5) is 35.3. The van der Waals surface area contributed by atoms with Gasteiger partial charge in [-0.15, -0.1) is 0 Å². The molecule has 166 valence electrons. The van der Waals surface area contributed by atoms with Crippen molar-refractivity contribution in [3.63, 3.8) is 0 Å². The van der Waals surface area contributed by atoms with Crippen LogP contribution in [0.1, 0.15) is 28.4 Å². The molecular weight excluding hydrogens is 426 g/mol. The van der Waals surface area contributed by atoms with Crippen LogP contribution < -0.4 is 9.62 Å². The van der Waals surface area contributed by atoms with E-state index in [1.54, 1.807) is 26.0 Å². The molecule has 1 amide bonds. The third-order valence-corrected chi connectivity index (χ3v) is 5.95. The number of hydrogen-bond donors (Lipinski definition) is 1. The van der Waals surface area contributed by atoms with Gasteiger partial charge in [-0.25, -0.2) is 13.2 Å². The van der Waals surface area contributed by atoms with E-state index in [2.05, 4.69) is 5.32 Å². The first kappa shape index (κ1) is 23.8. The van der Waals surface area contributed by atoms with Crippen LogP contribution in [0.3, 0.4) is 0 Å². The lowest BCUT2D eigenvalue weighted by atomic mass is 10.1. The number of nitrogens with zero attached hydrogens (tertiary/aromatic N) is 2. The van der Waals surface area contributed by atoms with E-state index in [0.717, 1.165) is 16.6 Å². The van der Waals surface area contributed by atoms with Gasteiger partial charge in [0.05, 0.1) is 29.5 Å². The summed E-state index contributed by atoms with van der Waals surface area (Å²) in [5, 5.41) is 13.8. The fourth-order valence-electron chi connectivity index (χ4n) is 3.07. The number of sulfonamides is 1. The predicted octanol–water partition coefficient (Wildman–Crippen LogP) is 2.79. The maximum atomic E-state index is 12.9. The Labute approximate surface area is 180 Å². The zero-order valence-electron chi connectivity index (χ0n) is 17.7. The van der Waals surface area contributed by atoms with E-state index < -0.39 is 32.9 Å². The maximum Gasteiger partial charge on any atom is 0.338 e. The fourth-order valence-corrected chi connectivity index (χ4v) is 4.29. The minimum atomic E-state index is -3.98. The summed E-state index contributed by atoms with van der Waals surface area (Å²) in [7, 11) is -2.74. The lowest BCUT2D eigenvalue weighted by Crippen LogP contribution is -2.45. The summed E-state index contributed by atoms with van der Waals surface area (Å²) >= 11 is 0. The number of anilines is 2. The molecule has 0 aliphatic rings. The normalized spacial score (nSPS) is 12.0. The second kappa shape index (κ2) is 9.13.